The number of aromatic nitrogens is 2. The normalized spacial score (nSPS) is 12.4. The number of ether oxygens (including phenoxy) is 1. The fraction of sp³-hybridized carbons (Fsp3) is 0.400. The Kier molecular flexibility index (Phi) is 7.42. The Morgan fingerprint density at radius 2 is 1.77 bits per heavy atom. The first-order valence-corrected chi connectivity index (χ1v) is 9.46. The third kappa shape index (κ3) is 5.83. The number of carbonyl (C=O) groups excluding carboxylic acids is 3. The lowest BCUT2D eigenvalue weighted by atomic mass is 10.0. The van der Waals surface area contributed by atoms with Crippen molar-refractivity contribution in [1.29, 1.82) is 0 Å². The number of esters is 1. The van der Waals surface area contributed by atoms with E-state index in [4.69, 9.17) is 0 Å². The summed E-state index contributed by atoms with van der Waals surface area (Å²) >= 11 is 0. The van der Waals surface area contributed by atoms with Crippen LogP contribution in [0.5, 0.6) is 0 Å². The maximum atomic E-state index is 13.6. The highest BCUT2D eigenvalue weighted by molar-refractivity contribution is 5.97. The Balaban J connectivity index is 2.30. The number of carbonyl (C=O) groups is 3. The van der Waals surface area contributed by atoms with Crippen LogP contribution >= 0.6 is 0 Å². The molecule has 0 spiro atoms. The SMILES string of the molecule is CCOC(=O)c1cnn(-c2ccc(NC(=O)C(NC(C)=O)C(C)C)cc2)c1C(F)(F)F. The van der Waals surface area contributed by atoms with Crippen molar-refractivity contribution in [1.82, 2.24) is 15.1 Å². The van der Waals surface area contributed by atoms with Crippen LogP contribution in [0.1, 0.15) is 43.7 Å². The van der Waals surface area contributed by atoms with Crippen LogP contribution in [0, 0.1) is 5.92 Å². The third-order valence-corrected chi connectivity index (χ3v) is 4.22. The molecule has 1 aromatic carbocycles. The average molecular weight is 440 g/mol. The molecule has 1 atom stereocenters. The molecular formula is C20H23F3N4O4. The predicted octanol–water partition coefficient (Wildman–Crippen LogP) is 3.17. The summed E-state index contributed by atoms with van der Waals surface area (Å²) in [5.74, 6) is -2.12. The molecule has 0 bridgehead atoms. The molecule has 2 aromatic rings. The minimum atomic E-state index is -4.85. The average Bonchev–Trinajstić information content (AvgIpc) is 3.12. The second kappa shape index (κ2) is 9.63. The summed E-state index contributed by atoms with van der Waals surface area (Å²) in [5, 5.41) is 8.86. The van der Waals surface area contributed by atoms with Crippen LogP contribution in [0.25, 0.3) is 5.69 Å². The number of alkyl halides is 3. The van der Waals surface area contributed by atoms with E-state index < -0.39 is 35.4 Å². The summed E-state index contributed by atoms with van der Waals surface area (Å²) in [5.41, 5.74) is -1.60. The first-order valence-electron chi connectivity index (χ1n) is 9.46. The Hall–Kier alpha value is -3.37. The molecule has 0 radical (unpaired) electrons. The number of anilines is 1. The molecule has 31 heavy (non-hydrogen) atoms. The summed E-state index contributed by atoms with van der Waals surface area (Å²) in [7, 11) is 0. The monoisotopic (exact) mass is 440 g/mol. The Bertz CT molecular complexity index is 952. The first kappa shape index (κ1) is 23.9. The summed E-state index contributed by atoms with van der Waals surface area (Å²) in [4.78, 5) is 35.6. The van der Waals surface area contributed by atoms with E-state index in [0.29, 0.717) is 10.4 Å². The molecule has 2 amide bonds. The van der Waals surface area contributed by atoms with Crippen LogP contribution < -0.4 is 10.6 Å². The molecule has 1 aromatic heterocycles. The number of amides is 2. The number of hydrogen-bond acceptors (Lipinski definition) is 5. The van der Waals surface area contributed by atoms with Crippen molar-refractivity contribution < 1.29 is 32.3 Å². The van der Waals surface area contributed by atoms with Crippen LogP contribution in [0.4, 0.5) is 18.9 Å². The molecule has 0 fully saturated rings. The van der Waals surface area contributed by atoms with Crippen molar-refractivity contribution in [2.24, 2.45) is 5.92 Å². The lowest BCUT2D eigenvalue weighted by Gasteiger charge is -2.21. The van der Waals surface area contributed by atoms with E-state index in [-0.39, 0.29) is 24.1 Å². The number of nitrogens with zero attached hydrogens (tertiary/aromatic N) is 2. The minimum Gasteiger partial charge on any atom is -0.462 e. The van der Waals surface area contributed by atoms with E-state index in [1.807, 2.05) is 0 Å². The molecule has 11 heteroatoms. The molecule has 2 N–H and O–H groups in total. The van der Waals surface area contributed by atoms with Gasteiger partial charge in [-0.25, -0.2) is 9.48 Å². The van der Waals surface area contributed by atoms with Gasteiger partial charge >= 0.3 is 12.1 Å². The van der Waals surface area contributed by atoms with Gasteiger partial charge in [-0.05, 0) is 37.1 Å². The summed E-state index contributed by atoms with van der Waals surface area (Å²) < 4.78 is 46.0. The van der Waals surface area contributed by atoms with Gasteiger partial charge in [-0.1, -0.05) is 13.8 Å². The number of halogens is 3. The van der Waals surface area contributed by atoms with Gasteiger partial charge in [-0.3, -0.25) is 9.59 Å². The van der Waals surface area contributed by atoms with Crippen LogP contribution in [0.15, 0.2) is 30.5 Å². The molecule has 0 saturated carbocycles. The maximum Gasteiger partial charge on any atom is 0.434 e. The number of nitrogens with one attached hydrogen (secondary N) is 2. The van der Waals surface area contributed by atoms with Gasteiger partial charge in [0, 0.05) is 12.6 Å². The van der Waals surface area contributed by atoms with Gasteiger partial charge in [0.2, 0.25) is 11.8 Å². The molecule has 2 rings (SSSR count). The van der Waals surface area contributed by atoms with Crippen LogP contribution in [-0.2, 0) is 20.5 Å². The lowest BCUT2D eigenvalue weighted by molar-refractivity contribution is -0.143. The summed E-state index contributed by atoms with van der Waals surface area (Å²) in [6, 6.07) is 4.65. The van der Waals surface area contributed by atoms with Gasteiger partial charge in [0.05, 0.1) is 18.5 Å². The molecule has 8 nitrogen and oxygen atoms in total. The third-order valence-electron chi connectivity index (χ3n) is 4.22. The lowest BCUT2D eigenvalue weighted by Crippen LogP contribution is -2.46. The van der Waals surface area contributed by atoms with Crippen molar-refractivity contribution >= 4 is 23.5 Å². The fourth-order valence-corrected chi connectivity index (χ4v) is 2.84. The van der Waals surface area contributed by atoms with Crippen molar-refractivity contribution in [3.63, 3.8) is 0 Å². The number of benzene rings is 1. The van der Waals surface area contributed by atoms with Crippen molar-refractivity contribution in [2.75, 3.05) is 11.9 Å². The van der Waals surface area contributed by atoms with Gasteiger partial charge in [0.15, 0.2) is 5.69 Å². The van der Waals surface area contributed by atoms with Crippen molar-refractivity contribution in [3.8, 4) is 5.69 Å². The molecule has 1 unspecified atom stereocenters. The Morgan fingerprint density at radius 1 is 1.16 bits per heavy atom. The van der Waals surface area contributed by atoms with Gasteiger partial charge in [-0.2, -0.15) is 18.3 Å². The number of hydrogen-bond donors (Lipinski definition) is 2. The Labute approximate surface area is 176 Å². The second-order valence-electron chi connectivity index (χ2n) is 7.00. The highest BCUT2D eigenvalue weighted by Crippen LogP contribution is 2.34. The highest BCUT2D eigenvalue weighted by Gasteiger charge is 2.41. The van der Waals surface area contributed by atoms with Crippen LogP contribution in [0.2, 0.25) is 0 Å². The smallest absolute Gasteiger partial charge is 0.434 e. The van der Waals surface area contributed by atoms with Gasteiger partial charge in [0.1, 0.15) is 11.6 Å². The fourth-order valence-electron chi connectivity index (χ4n) is 2.84. The minimum absolute atomic E-state index is 0.0307. The van der Waals surface area contributed by atoms with Gasteiger partial charge < -0.3 is 15.4 Å². The molecule has 0 aliphatic rings. The zero-order valence-electron chi connectivity index (χ0n) is 17.4. The van der Waals surface area contributed by atoms with E-state index in [1.54, 1.807) is 13.8 Å². The van der Waals surface area contributed by atoms with Gasteiger partial charge in [-0.15, -0.1) is 0 Å². The van der Waals surface area contributed by atoms with E-state index in [2.05, 4.69) is 20.5 Å². The van der Waals surface area contributed by atoms with Gasteiger partial charge in [0.25, 0.3) is 0 Å². The topological polar surface area (TPSA) is 102 Å². The predicted molar refractivity (Wildman–Crippen MR) is 106 cm³/mol. The second-order valence-corrected chi connectivity index (χ2v) is 7.00. The highest BCUT2D eigenvalue weighted by atomic mass is 19.4. The maximum absolute atomic E-state index is 13.6. The van der Waals surface area contributed by atoms with Crippen molar-refractivity contribution in [2.45, 2.75) is 39.9 Å². The van der Waals surface area contributed by atoms with Crippen LogP contribution in [-0.4, -0.2) is 40.2 Å². The van der Waals surface area contributed by atoms with E-state index in [1.165, 1.54) is 38.1 Å². The number of rotatable bonds is 7. The summed E-state index contributed by atoms with van der Waals surface area (Å²) in [6.45, 7) is 6.23. The standard InChI is InChI=1S/C20H23F3N4O4/c1-5-31-19(30)15-10-24-27(17(15)20(21,22)23)14-8-6-13(7-9-14)26-18(29)16(11(2)3)25-12(4)28/h6-11,16H,5H2,1-4H3,(H,25,28)(H,26,29). The Morgan fingerprint density at radius 3 is 2.26 bits per heavy atom. The first-order chi connectivity index (χ1) is 14.5. The molecule has 168 valence electrons. The molecule has 0 aliphatic carbocycles. The van der Waals surface area contributed by atoms with Crippen molar-refractivity contribution in [3.05, 3.63) is 41.7 Å². The molecule has 0 aliphatic heterocycles. The summed E-state index contributed by atoms with van der Waals surface area (Å²) in [6.07, 6.45) is -4.05. The zero-order valence-corrected chi connectivity index (χ0v) is 17.4. The van der Waals surface area contributed by atoms with Crippen LogP contribution in [0.3, 0.4) is 0 Å². The van der Waals surface area contributed by atoms with E-state index >= 15 is 0 Å². The van der Waals surface area contributed by atoms with E-state index in [0.717, 1.165) is 6.20 Å². The molecule has 0 saturated heterocycles. The zero-order chi connectivity index (χ0) is 23.3. The largest absolute Gasteiger partial charge is 0.462 e. The molecular weight excluding hydrogens is 417 g/mol. The van der Waals surface area contributed by atoms with E-state index in [9.17, 15) is 27.6 Å². The molecule has 1 heterocycles. The quantitative estimate of drug-likeness (QED) is 0.644.